The molecule has 0 radical (unpaired) electrons. The molecule has 1 aliphatic rings. The van der Waals surface area contributed by atoms with E-state index in [2.05, 4.69) is 13.8 Å². The van der Waals surface area contributed by atoms with Crippen molar-refractivity contribution in [2.75, 3.05) is 19.6 Å². The first-order valence-electron chi connectivity index (χ1n) is 6.51. The second-order valence-electron chi connectivity index (χ2n) is 5.47. The van der Waals surface area contributed by atoms with Gasteiger partial charge in [0.05, 0.1) is 0 Å². The van der Waals surface area contributed by atoms with Crippen LogP contribution in [0.15, 0.2) is 0 Å². The molecule has 1 atom stereocenters. The molecule has 1 saturated heterocycles. The standard InChI is InChI=1S/C13H26N2O/c1-4-13(3)6-9-15(10-7-13)12(16)11(2)5-8-14/h11H,4-10,14H2,1-3H3. The lowest BCUT2D eigenvalue weighted by Crippen LogP contribution is -2.44. The third-order valence-corrected chi connectivity index (χ3v) is 4.16. The van der Waals surface area contributed by atoms with Gasteiger partial charge in [-0.1, -0.05) is 27.2 Å². The summed E-state index contributed by atoms with van der Waals surface area (Å²) in [6.07, 6.45) is 4.31. The van der Waals surface area contributed by atoms with Crippen LogP contribution in [0, 0.1) is 11.3 Å². The maximum absolute atomic E-state index is 12.1. The van der Waals surface area contributed by atoms with Gasteiger partial charge in [0.25, 0.3) is 0 Å². The summed E-state index contributed by atoms with van der Waals surface area (Å²) < 4.78 is 0. The van der Waals surface area contributed by atoms with Gasteiger partial charge in [-0.15, -0.1) is 0 Å². The van der Waals surface area contributed by atoms with E-state index < -0.39 is 0 Å². The highest BCUT2D eigenvalue weighted by atomic mass is 16.2. The molecule has 0 saturated carbocycles. The number of hydrogen-bond donors (Lipinski definition) is 1. The van der Waals surface area contributed by atoms with Gasteiger partial charge in [-0.05, 0) is 31.2 Å². The van der Waals surface area contributed by atoms with Crippen LogP contribution >= 0.6 is 0 Å². The molecule has 2 N–H and O–H groups in total. The predicted octanol–water partition coefficient (Wildman–Crippen LogP) is 2.01. The Kier molecular flexibility index (Phi) is 4.78. The third-order valence-electron chi connectivity index (χ3n) is 4.16. The zero-order valence-electron chi connectivity index (χ0n) is 11.0. The van der Waals surface area contributed by atoms with Crippen LogP contribution in [0.1, 0.15) is 46.5 Å². The monoisotopic (exact) mass is 226 g/mol. The second-order valence-corrected chi connectivity index (χ2v) is 5.47. The highest BCUT2D eigenvalue weighted by Crippen LogP contribution is 2.34. The van der Waals surface area contributed by atoms with E-state index >= 15 is 0 Å². The van der Waals surface area contributed by atoms with Crippen LogP contribution in [0.4, 0.5) is 0 Å². The van der Waals surface area contributed by atoms with Crippen molar-refractivity contribution in [1.29, 1.82) is 0 Å². The first-order valence-corrected chi connectivity index (χ1v) is 6.51. The van der Waals surface area contributed by atoms with Crippen LogP contribution in [0.5, 0.6) is 0 Å². The van der Waals surface area contributed by atoms with Crippen molar-refractivity contribution in [3.05, 3.63) is 0 Å². The van der Waals surface area contributed by atoms with Gasteiger partial charge in [0.15, 0.2) is 0 Å². The van der Waals surface area contributed by atoms with E-state index in [4.69, 9.17) is 5.73 Å². The summed E-state index contributed by atoms with van der Waals surface area (Å²) in [5.74, 6) is 0.389. The Balaban J connectivity index is 2.44. The number of amides is 1. The predicted molar refractivity (Wildman–Crippen MR) is 67.0 cm³/mol. The fourth-order valence-corrected chi connectivity index (χ4v) is 2.31. The number of rotatable bonds is 4. The number of carbonyl (C=O) groups excluding carboxylic acids is 1. The van der Waals surface area contributed by atoms with E-state index in [1.807, 2.05) is 11.8 Å². The molecule has 1 fully saturated rings. The summed E-state index contributed by atoms with van der Waals surface area (Å²) in [6.45, 7) is 9.03. The van der Waals surface area contributed by atoms with Gasteiger partial charge in [-0.3, -0.25) is 4.79 Å². The largest absolute Gasteiger partial charge is 0.342 e. The van der Waals surface area contributed by atoms with Gasteiger partial charge in [-0.2, -0.15) is 0 Å². The molecule has 1 unspecified atom stereocenters. The molecule has 0 bridgehead atoms. The number of hydrogen-bond acceptors (Lipinski definition) is 2. The molecule has 1 heterocycles. The molecule has 0 aromatic heterocycles. The summed E-state index contributed by atoms with van der Waals surface area (Å²) in [7, 11) is 0. The van der Waals surface area contributed by atoms with Crippen LogP contribution in [0.2, 0.25) is 0 Å². The summed E-state index contributed by atoms with van der Waals surface area (Å²) in [6, 6.07) is 0. The van der Waals surface area contributed by atoms with E-state index in [1.54, 1.807) is 0 Å². The van der Waals surface area contributed by atoms with E-state index in [0.29, 0.717) is 17.9 Å². The van der Waals surface area contributed by atoms with Crippen molar-refractivity contribution in [2.24, 2.45) is 17.1 Å². The topological polar surface area (TPSA) is 46.3 Å². The minimum Gasteiger partial charge on any atom is -0.342 e. The van der Waals surface area contributed by atoms with Crippen molar-refractivity contribution in [2.45, 2.75) is 46.5 Å². The smallest absolute Gasteiger partial charge is 0.225 e. The number of piperidine rings is 1. The number of carbonyl (C=O) groups is 1. The lowest BCUT2D eigenvalue weighted by Gasteiger charge is -2.39. The van der Waals surface area contributed by atoms with Gasteiger partial charge in [0, 0.05) is 19.0 Å². The van der Waals surface area contributed by atoms with Crippen LogP contribution in [0.3, 0.4) is 0 Å². The molecule has 0 spiro atoms. The zero-order chi connectivity index (χ0) is 12.2. The molecule has 3 nitrogen and oxygen atoms in total. The van der Waals surface area contributed by atoms with E-state index in [1.165, 1.54) is 6.42 Å². The minimum absolute atomic E-state index is 0.0935. The molecule has 94 valence electrons. The molecule has 1 aliphatic heterocycles. The average Bonchev–Trinajstić information content (AvgIpc) is 2.29. The molecule has 16 heavy (non-hydrogen) atoms. The van der Waals surface area contributed by atoms with Gasteiger partial charge >= 0.3 is 0 Å². The molecule has 0 aromatic carbocycles. The Bertz CT molecular complexity index is 232. The highest BCUT2D eigenvalue weighted by molar-refractivity contribution is 5.78. The number of nitrogens with two attached hydrogens (primary N) is 1. The van der Waals surface area contributed by atoms with Crippen LogP contribution < -0.4 is 5.73 Å². The maximum atomic E-state index is 12.1. The highest BCUT2D eigenvalue weighted by Gasteiger charge is 2.31. The van der Waals surface area contributed by atoms with E-state index in [9.17, 15) is 4.79 Å². The fraction of sp³-hybridized carbons (Fsp3) is 0.923. The Labute approximate surface area is 99.4 Å². The van der Waals surface area contributed by atoms with Crippen LogP contribution in [-0.4, -0.2) is 30.4 Å². The maximum Gasteiger partial charge on any atom is 0.225 e. The molecule has 3 heteroatoms. The van der Waals surface area contributed by atoms with Crippen molar-refractivity contribution in [3.63, 3.8) is 0 Å². The fourth-order valence-electron chi connectivity index (χ4n) is 2.31. The average molecular weight is 226 g/mol. The Hall–Kier alpha value is -0.570. The Morgan fingerprint density at radius 2 is 2.00 bits per heavy atom. The van der Waals surface area contributed by atoms with Crippen molar-refractivity contribution < 1.29 is 4.79 Å². The SMILES string of the molecule is CCC1(C)CCN(C(=O)C(C)CCN)CC1. The van der Waals surface area contributed by atoms with Crippen molar-refractivity contribution in [1.82, 2.24) is 4.90 Å². The van der Waals surface area contributed by atoms with Gasteiger partial charge in [-0.25, -0.2) is 0 Å². The summed E-state index contributed by atoms with van der Waals surface area (Å²) in [4.78, 5) is 14.1. The Morgan fingerprint density at radius 3 is 2.44 bits per heavy atom. The lowest BCUT2D eigenvalue weighted by molar-refractivity contribution is -0.137. The van der Waals surface area contributed by atoms with Gasteiger partial charge in [0.2, 0.25) is 5.91 Å². The van der Waals surface area contributed by atoms with Gasteiger partial charge in [0.1, 0.15) is 0 Å². The molecular formula is C13H26N2O. The number of nitrogens with zero attached hydrogens (tertiary/aromatic N) is 1. The molecular weight excluding hydrogens is 200 g/mol. The quantitative estimate of drug-likeness (QED) is 0.797. The first kappa shape index (κ1) is 13.5. The second kappa shape index (κ2) is 5.67. The molecule has 1 rings (SSSR count). The minimum atomic E-state index is 0.0935. The van der Waals surface area contributed by atoms with Gasteiger partial charge < -0.3 is 10.6 Å². The van der Waals surface area contributed by atoms with Crippen molar-refractivity contribution >= 4 is 5.91 Å². The number of likely N-dealkylation sites (tertiary alicyclic amines) is 1. The zero-order valence-corrected chi connectivity index (χ0v) is 11.0. The summed E-state index contributed by atoms with van der Waals surface area (Å²) >= 11 is 0. The van der Waals surface area contributed by atoms with Crippen molar-refractivity contribution in [3.8, 4) is 0 Å². The lowest BCUT2D eigenvalue weighted by atomic mass is 9.78. The van der Waals surface area contributed by atoms with E-state index in [0.717, 1.165) is 32.4 Å². The third kappa shape index (κ3) is 3.21. The first-order chi connectivity index (χ1) is 7.52. The van der Waals surface area contributed by atoms with E-state index in [-0.39, 0.29) is 5.92 Å². The summed E-state index contributed by atoms with van der Waals surface area (Å²) in [5.41, 5.74) is 5.94. The molecule has 1 amide bonds. The van der Waals surface area contributed by atoms with Crippen LogP contribution in [-0.2, 0) is 4.79 Å². The molecule has 0 aliphatic carbocycles. The van der Waals surface area contributed by atoms with Crippen LogP contribution in [0.25, 0.3) is 0 Å². The molecule has 0 aromatic rings. The summed E-state index contributed by atoms with van der Waals surface area (Å²) in [5, 5.41) is 0. The Morgan fingerprint density at radius 1 is 1.44 bits per heavy atom. The normalized spacial score (nSPS) is 21.9.